The van der Waals surface area contributed by atoms with Crippen LogP contribution >= 0.6 is 39.0 Å². The van der Waals surface area contributed by atoms with Crippen molar-refractivity contribution in [3.63, 3.8) is 0 Å². The third kappa shape index (κ3) is 2.69. The summed E-state index contributed by atoms with van der Waals surface area (Å²) in [5.74, 6) is 0. The van der Waals surface area contributed by atoms with E-state index >= 15 is 0 Å². The van der Waals surface area contributed by atoms with Gasteiger partial charge in [-0.15, -0.1) is 11.3 Å². The molecule has 0 aromatic carbocycles. The monoisotopic (exact) mass is 354 g/mol. The van der Waals surface area contributed by atoms with Crippen LogP contribution in [0.15, 0.2) is 44.4 Å². The lowest BCUT2D eigenvalue weighted by Gasteiger charge is -2.02. The maximum atomic E-state index is 4.66. The van der Waals surface area contributed by atoms with Crippen molar-refractivity contribution in [1.82, 2.24) is 19.7 Å². The normalized spacial score (nSPS) is 11.3. The van der Waals surface area contributed by atoms with Crippen molar-refractivity contribution in [3.8, 4) is 0 Å². The van der Waals surface area contributed by atoms with Crippen molar-refractivity contribution in [2.45, 2.75) is 16.6 Å². The molecule has 98 valence electrons. The number of halogens is 1. The van der Waals surface area contributed by atoms with Crippen molar-refractivity contribution in [2.24, 2.45) is 0 Å². The molecule has 0 spiro atoms. The van der Waals surface area contributed by atoms with Crippen LogP contribution in [0.3, 0.4) is 0 Å². The fourth-order valence-electron chi connectivity index (χ4n) is 1.74. The minimum atomic E-state index is 0.788. The van der Waals surface area contributed by atoms with Gasteiger partial charge < -0.3 is 5.32 Å². The Morgan fingerprint density at radius 3 is 3.11 bits per heavy atom. The van der Waals surface area contributed by atoms with Crippen LogP contribution in [0, 0.1) is 0 Å². The maximum Gasteiger partial charge on any atom is 0.194 e. The molecule has 0 aliphatic heterocycles. The highest BCUT2D eigenvalue weighted by molar-refractivity contribution is 9.10. The summed E-state index contributed by atoms with van der Waals surface area (Å²) >= 11 is 6.63. The van der Waals surface area contributed by atoms with Gasteiger partial charge in [0, 0.05) is 28.8 Å². The molecule has 0 aliphatic carbocycles. The van der Waals surface area contributed by atoms with E-state index in [1.54, 1.807) is 29.3 Å². The maximum absolute atomic E-state index is 4.66. The Morgan fingerprint density at radius 2 is 2.37 bits per heavy atom. The molecular weight excluding hydrogens is 344 g/mol. The lowest BCUT2D eigenvalue weighted by Crippen LogP contribution is -2.08. The summed E-state index contributed by atoms with van der Waals surface area (Å²) in [5.41, 5.74) is 1.17. The summed E-state index contributed by atoms with van der Waals surface area (Å²) < 4.78 is 3.11. The highest BCUT2D eigenvalue weighted by Crippen LogP contribution is 2.31. The molecular formula is C12H11BrN4S2. The van der Waals surface area contributed by atoms with Gasteiger partial charge in [0.15, 0.2) is 4.96 Å². The van der Waals surface area contributed by atoms with Gasteiger partial charge >= 0.3 is 0 Å². The summed E-state index contributed by atoms with van der Waals surface area (Å²) in [6, 6.07) is 3.98. The molecule has 0 amide bonds. The van der Waals surface area contributed by atoms with E-state index in [4.69, 9.17) is 0 Å². The Labute approximate surface area is 127 Å². The van der Waals surface area contributed by atoms with E-state index in [1.165, 1.54) is 5.69 Å². The van der Waals surface area contributed by atoms with Crippen molar-refractivity contribution in [1.29, 1.82) is 0 Å². The van der Waals surface area contributed by atoms with Gasteiger partial charge in [-0.05, 0) is 46.9 Å². The van der Waals surface area contributed by atoms with Crippen LogP contribution in [0.2, 0.25) is 0 Å². The van der Waals surface area contributed by atoms with Crippen molar-refractivity contribution < 1.29 is 0 Å². The van der Waals surface area contributed by atoms with E-state index in [2.05, 4.69) is 41.8 Å². The average Bonchev–Trinajstić information content (AvgIpc) is 2.96. The Bertz CT molecular complexity index is 689. The fourth-order valence-corrected chi connectivity index (χ4v) is 3.63. The summed E-state index contributed by atoms with van der Waals surface area (Å²) in [4.78, 5) is 10.1. The number of hydrogen-bond acceptors (Lipinski definition) is 5. The molecule has 19 heavy (non-hydrogen) atoms. The number of pyridine rings is 1. The lowest BCUT2D eigenvalue weighted by atomic mass is 10.5. The van der Waals surface area contributed by atoms with Gasteiger partial charge in [0.1, 0.15) is 10.1 Å². The number of aromatic nitrogens is 3. The third-order valence-corrected chi connectivity index (χ3v) is 4.77. The highest BCUT2D eigenvalue weighted by Gasteiger charge is 2.14. The zero-order valence-corrected chi connectivity index (χ0v) is 13.3. The van der Waals surface area contributed by atoms with Gasteiger partial charge in [0.2, 0.25) is 0 Å². The van der Waals surface area contributed by atoms with Crippen molar-refractivity contribution >= 4 is 44.0 Å². The first-order valence-corrected chi connectivity index (χ1v) is 8.15. The second-order valence-electron chi connectivity index (χ2n) is 3.87. The molecule has 0 bridgehead atoms. The van der Waals surface area contributed by atoms with Crippen molar-refractivity contribution in [2.75, 3.05) is 7.05 Å². The Kier molecular flexibility index (Phi) is 3.88. The molecule has 3 rings (SSSR count). The zero-order chi connectivity index (χ0) is 13.2. The third-order valence-electron chi connectivity index (χ3n) is 2.57. The summed E-state index contributed by atoms with van der Waals surface area (Å²) in [6.07, 6.45) is 3.86. The van der Waals surface area contributed by atoms with E-state index in [9.17, 15) is 0 Å². The molecule has 0 radical (unpaired) electrons. The van der Waals surface area contributed by atoms with Gasteiger partial charge in [-0.25, -0.2) is 9.97 Å². The van der Waals surface area contributed by atoms with Crippen LogP contribution in [0.5, 0.6) is 0 Å². The Morgan fingerprint density at radius 1 is 1.47 bits per heavy atom. The molecule has 0 aliphatic rings. The number of imidazole rings is 1. The molecule has 3 heterocycles. The molecule has 0 atom stereocenters. The smallest absolute Gasteiger partial charge is 0.194 e. The number of thiazole rings is 1. The molecule has 0 unspecified atom stereocenters. The molecule has 0 fully saturated rings. The van der Waals surface area contributed by atoms with Gasteiger partial charge in [-0.3, -0.25) is 4.40 Å². The number of nitrogens with zero attached hydrogens (tertiary/aromatic N) is 3. The predicted octanol–water partition coefficient (Wildman–Crippen LogP) is 3.42. The quantitative estimate of drug-likeness (QED) is 0.779. The van der Waals surface area contributed by atoms with Crippen molar-refractivity contribution in [3.05, 3.63) is 40.1 Å². The van der Waals surface area contributed by atoms with Gasteiger partial charge in [-0.2, -0.15) is 0 Å². The second kappa shape index (κ2) is 5.62. The molecule has 0 saturated heterocycles. The van der Waals surface area contributed by atoms with E-state index in [0.29, 0.717) is 0 Å². The SMILES string of the molecule is CNCc1c(Sc2ccc(Br)cn2)nc2sccn12. The summed E-state index contributed by atoms with van der Waals surface area (Å²) in [5, 5.41) is 7.20. The topological polar surface area (TPSA) is 42.2 Å². The Balaban J connectivity index is 1.97. The summed E-state index contributed by atoms with van der Waals surface area (Å²) in [6.45, 7) is 0.788. The molecule has 3 aromatic heterocycles. The minimum absolute atomic E-state index is 0.788. The van der Waals surface area contributed by atoms with Crippen LogP contribution < -0.4 is 5.32 Å². The minimum Gasteiger partial charge on any atom is -0.314 e. The predicted molar refractivity (Wildman–Crippen MR) is 81.9 cm³/mol. The standard InChI is InChI=1S/C12H11BrN4S2/c1-14-7-9-11(16-12-17(9)4-5-18-12)19-10-3-2-8(13)6-15-10/h2-6,14H,7H2,1H3. The molecule has 3 aromatic rings. The van der Waals surface area contributed by atoms with E-state index in [1.807, 2.05) is 24.6 Å². The van der Waals surface area contributed by atoms with Crippen LogP contribution in [0.1, 0.15) is 5.69 Å². The molecule has 4 nitrogen and oxygen atoms in total. The zero-order valence-electron chi connectivity index (χ0n) is 10.1. The number of rotatable bonds is 4. The largest absolute Gasteiger partial charge is 0.314 e. The van der Waals surface area contributed by atoms with Crippen LogP contribution in [0.4, 0.5) is 0 Å². The second-order valence-corrected chi connectivity index (χ2v) is 6.66. The van der Waals surface area contributed by atoms with Gasteiger partial charge in [0.05, 0.1) is 5.69 Å². The first kappa shape index (κ1) is 13.1. The van der Waals surface area contributed by atoms with Crippen LogP contribution in [-0.4, -0.2) is 21.4 Å². The Hall–Kier alpha value is -0.890. The van der Waals surface area contributed by atoms with Gasteiger partial charge in [0.25, 0.3) is 0 Å². The molecule has 1 N–H and O–H groups in total. The van der Waals surface area contributed by atoms with E-state index in [-0.39, 0.29) is 0 Å². The summed E-state index contributed by atoms with van der Waals surface area (Å²) in [7, 11) is 1.94. The fraction of sp³-hybridized carbons (Fsp3) is 0.167. The average molecular weight is 355 g/mol. The van der Waals surface area contributed by atoms with Crippen LogP contribution in [-0.2, 0) is 6.54 Å². The van der Waals surface area contributed by atoms with E-state index in [0.717, 1.165) is 26.0 Å². The first-order valence-electron chi connectivity index (χ1n) is 5.66. The lowest BCUT2D eigenvalue weighted by molar-refractivity contribution is 0.765. The molecule has 7 heteroatoms. The number of hydrogen-bond donors (Lipinski definition) is 1. The highest BCUT2D eigenvalue weighted by atomic mass is 79.9. The van der Waals surface area contributed by atoms with E-state index < -0.39 is 0 Å². The van der Waals surface area contributed by atoms with Crippen LogP contribution in [0.25, 0.3) is 4.96 Å². The number of nitrogens with one attached hydrogen (secondary N) is 1. The van der Waals surface area contributed by atoms with Gasteiger partial charge in [-0.1, -0.05) is 0 Å². The molecule has 0 saturated carbocycles. The first-order chi connectivity index (χ1) is 9.28. The number of fused-ring (bicyclic) bond motifs is 1.